The van der Waals surface area contributed by atoms with Crippen molar-refractivity contribution in [2.75, 3.05) is 33.9 Å². The normalized spacial score (nSPS) is 19.9. The maximum atomic E-state index is 13.3. The lowest BCUT2D eigenvalue weighted by molar-refractivity contribution is -0.543. The van der Waals surface area contributed by atoms with Crippen LogP contribution in [-0.4, -0.2) is 87.8 Å². The zero-order chi connectivity index (χ0) is 20.7. The molecule has 0 spiro atoms. The summed E-state index contributed by atoms with van der Waals surface area (Å²) in [6, 6.07) is -1.02. The summed E-state index contributed by atoms with van der Waals surface area (Å²) in [5, 5.41) is 4.63. The Hall–Kier alpha value is -2.55. The summed E-state index contributed by atoms with van der Waals surface area (Å²) in [6.07, 6.45) is 0. The topological polar surface area (TPSA) is 83.0 Å². The van der Waals surface area contributed by atoms with Gasteiger partial charge in [0, 0.05) is 19.7 Å². The minimum absolute atomic E-state index is 0.214. The predicted molar refractivity (Wildman–Crippen MR) is 105 cm³/mol. The third-order valence-corrected chi connectivity index (χ3v) is 5.31. The number of methoxy groups -OCH3 is 1. The van der Waals surface area contributed by atoms with E-state index in [1.54, 1.807) is 18.8 Å². The number of fused-ring (bicyclic) bond motifs is 1. The number of rotatable bonds is 5. The number of urea groups is 1. The second kappa shape index (κ2) is 7.46. The smallest absolute Gasteiger partial charge is 0.383 e. The van der Waals surface area contributed by atoms with E-state index in [0.717, 1.165) is 17.0 Å². The van der Waals surface area contributed by atoms with Crippen LogP contribution in [0.4, 0.5) is 4.79 Å². The SMILES string of the molecule is COCCN1C(=O)C2C(=NC(n3nc(C)c(C)c3C)=[N+]2CC(C)C)N(C)C1=O. The molecule has 152 valence electrons. The number of aliphatic imine (C=N–C) groups is 1. The molecule has 0 aliphatic carbocycles. The molecule has 3 rings (SSSR count). The molecule has 3 amide bonds. The summed E-state index contributed by atoms with van der Waals surface area (Å²) in [5.74, 6) is 1.06. The highest BCUT2D eigenvalue weighted by Gasteiger charge is 2.53. The Morgan fingerprint density at radius 2 is 1.89 bits per heavy atom. The van der Waals surface area contributed by atoms with Crippen molar-refractivity contribution in [2.45, 2.75) is 40.7 Å². The highest BCUT2D eigenvalue weighted by Crippen LogP contribution is 2.22. The van der Waals surface area contributed by atoms with Gasteiger partial charge in [0.15, 0.2) is 0 Å². The highest BCUT2D eigenvalue weighted by molar-refractivity contribution is 6.23. The Morgan fingerprint density at radius 1 is 1.21 bits per heavy atom. The van der Waals surface area contributed by atoms with Crippen LogP contribution in [0.25, 0.3) is 0 Å². The Bertz CT molecular complexity index is 882. The van der Waals surface area contributed by atoms with Crippen molar-refractivity contribution in [3.63, 3.8) is 0 Å². The van der Waals surface area contributed by atoms with E-state index in [4.69, 9.17) is 9.73 Å². The van der Waals surface area contributed by atoms with Crippen LogP contribution in [0.2, 0.25) is 0 Å². The number of amides is 3. The Balaban J connectivity index is 2.13. The standard InChI is InChI=1S/C19H29N6O3/c1-11(2)10-24-15-16(20-18(24)25-14(5)12(3)13(4)21-25)22(6)19(27)23(17(15)26)8-9-28-7/h11,15H,8-10H2,1-7H3/q+1. The van der Waals surface area contributed by atoms with E-state index in [2.05, 4.69) is 18.9 Å². The van der Waals surface area contributed by atoms with Gasteiger partial charge in [0.05, 0.1) is 25.4 Å². The average molecular weight is 389 g/mol. The van der Waals surface area contributed by atoms with Crippen LogP contribution in [0.5, 0.6) is 0 Å². The van der Waals surface area contributed by atoms with Gasteiger partial charge in [-0.15, -0.1) is 9.78 Å². The lowest BCUT2D eigenvalue weighted by Crippen LogP contribution is -2.63. The van der Waals surface area contributed by atoms with Crippen molar-refractivity contribution in [1.29, 1.82) is 0 Å². The van der Waals surface area contributed by atoms with E-state index in [9.17, 15) is 9.59 Å². The van der Waals surface area contributed by atoms with Crippen LogP contribution in [0.15, 0.2) is 4.99 Å². The minimum atomic E-state index is -0.638. The third kappa shape index (κ3) is 3.13. The van der Waals surface area contributed by atoms with Crippen molar-refractivity contribution < 1.29 is 18.9 Å². The second-order valence-electron chi connectivity index (χ2n) is 7.75. The number of ether oxygens (including phenoxy) is 1. The summed E-state index contributed by atoms with van der Waals surface area (Å²) in [4.78, 5) is 33.4. The van der Waals surface area contributed by atoms with E-state index in [-0.39, 0.29) is 18.5 Å². The molecule has 0 aromatic carbocycles. The molecule has 0 N–H and O–H groups in total. The molecule has 0 bridgehead atoms. The minimum Gasteiger partial charge on any atom is -0.383 e. The van der Waals surface area contributed by atoms with Crippen LogP contribution in [0.3, 0.4) is 0 Å². The van der Waals surface area contributed by atoms with Gasteiger partial charge in [0.25, 0.3) is 5.91 Å². The van der Waals surface area contributed by atoms with Crippen molar-refractivity contribution in [3.05, 3.63) is 17.0 Å². The molecule has 3 heterocycles. The number of aryl methyl sites for hydroxylation is 1. The van der Waals surface area contributed by atoms with Crippen LogP contribution >= 0.6 is 0 Å². The van der Waals surface area contributed by atoms with Gasteiger partial charge < -0.3 is 4.74 Å². The fraction of sp³-hybridized carbons (Fsp3) is 0.632. The zero-order valence-corrected chi connectivity index (χ0v) is 17.7. The molecule has 1 fully saturated rings. The first-order valence-corrected chi connectivity index (χ1v) is 9.52. The average Bonchev–Trinajstić information content (AvgIpc) is 3.12. The number of hydrogen-bond donors (Lipinski definition) is 0. The molecule has 9 heteroatoms. The summed E-state index contributed by atoms with van der Waals surface area (Å²) in [6.45, 7) is 11.3. The molecule has 2 aliphatic rings. The second-order valence-corrected chi connectivity index (χ2v) is 7.75. The van der Waals surface area contributed by atoms with E-state index < -0.39 is 6.04 Å². The molecule has 1 aromatic rings. The van der Waals surface area contributed by atoms with E-state index in [1.807, 2.05) is 25.3 Å². The van der Waals surface area contributed by atoms with Gasteiger partial charge in [-0.05, 0) is 26.7 Å². The summed E-state index contributed by atoms with van der Waals surface area (Å²) < 4.78 is 8.82. The maximum absolute atomic E-state index is 13.3. The number of aromatic nitrogens is 2. The molecule has 28 heavy (non-hydrogen) atoms. The molecule has 1 aromatic heterocycles. The van der Waals surface area contributed by atoms with Crippen LogP contribution < -0.4 is 0 Å². The zero-order valence-electron chi connectivity index (χ0n) is 17.7. The number of likely N-dealkylation sites (N-methyl/N-ethyl adjacent to an activating group) is 1. The van der Waals surface area contributed by atoms with Crippen molar-refractivity contribution in [2.24, 2.45) is 10.9 Å². The fourth-order valence-corrected chi connectivity index (χ4v) is 3.56. The fourth-order valence-electron chi connectivity index (χ4n) is 3.56. The highest BCUT2D eigenvalue weighted by atomic mass is 16.5. The first-order chi connectivity index (χ1) is 13.2. The van der Waals surface area contributed by atoms with Crippen LogP contribution in [0.1, 0.15) is 30.8 Å². The lowest BCUT2D eigenvalue weighted by Gasteiger charge is -2.34. The number of imide groups is 1. The molecule has 1 atom stereocenters. The van der Waals surface area contributed by atoms with Gasteiger partial charge >= 0.3 is 12.0 Å². The van der Waals surface area contributed by atoms with E-state index in [1.165, 1.54) is 9.80 Å². The molecule has 1 unspecified atom stereocenters. The number of carbonyl (C=O) groups is 2. The van der Waals surface area contributed by atoms with Crippen molar-refractivity contribution in [1.82, 2.24) is 19.6 Å². The molecule has 1 saturated heterocycles. The first-order valence-electron chi connectivity index (χ1n) is 9.52. The summed E-state index contributed by atoms with van der Waals surface area (Å²) in [7, 11) is 3.20. The Kier molecular flexibility index (Phi) is 5.38. The van der Waals surface area contributed by atoms with Gasteiger partial charge in [-0.1, -0.05) is 18.8 Å². The molecular weight excluding hydrogens is 360 g/mol. The van der Waals surface area contributed by atoms with E-state index >= 15 is 0 Å². The lowest BCUT2D eigenvalue weighted by atomic mass is 10.1. The Morgan fingerprint density at radius 3 is 2.43 bits per heavy atom. The number of carbonyl (C=O) groups excluding carboxylic acids is 2. The summed E-state index contributed by atoms with van der Waals surface area (Å²) in [5.41, 5.74) is 2.98. The van der Waals surface area contributed by atoms with Crippen molar-refractivity contribution in [3.8, 4) is 0 Å². The van der Waals surface area contributed by atoms with Crippen molar-refractivity contribution >= 4 is 23.7 Å². The monoisotopic (exact) mass is 389 g/mol. The molecule has 2 aliphatic heterocycles. The van der Waals surface area contributed by atoms with Gasteiger partial charge in [-0.3, -0.25) is 14.6 Å². The molecule has 9 nitrogen and oxygen atoms in total. The molecule has 0 saturated carbocycles. The third-order valence-electron chi connectivity index (χ3n) is 5.31. The largest absolute Gasteiger partial charge is 0.421 e. The predicted octanol–water partition coefficient (Wildman–Crippen LogP) is 1.00. The summed E-state index contributed by atoms with van der Waals surface area (Å²) >= 11 is 0. The van der Waals surface area contributed by atoms with Gasteiger partial charge in [-0.2, -0.15) is 0 Å². The quantitative estimate of drug-likeness (QED) is 0.704. The van der Waals surface area contributed by atoms with Gasteiger partial charge in [0.2, 0.25) is 11.9 Å². The first kappa shape index (κ1) is 20.2. The van der Waals surface area contributed by atoms with E-state index in [0.29, 0.717) is 30.9 Å². The Labute approximate surface area is 165 Å². The van der Waals surface area contributed by atoms with Gasteiger partial charge in [-0.25, -0.2) is 9.37 Å². The number of nitrogens with zero attached hydrogens (tertiary/aromatic N) is 6. The van der Waals surface area contributed by atoms with Gasteiger partial charge in [0.1, 0.15) is 5.69 Å². The number of hydrogen-bond acceptors (Lipinski definition) is 5. The molecule has 0 radical (unpaired) electrons. The van der Waals surface area contributed by atoms with Crippen LogP contribution in [-0.2, 0) is 9.53 Å². The molecular formula is C19H29N6O3+. The number of amidine groups is 1. The van der Waals surface area contributed by atoms with Crippen LogP contribution in [0, 0.1) is 26.7 Å². The maximum Gasteiger partial charge on any atom is 0.421 e.